The molecule has 1 N–H and O–H groups in total. The number of ether oxygens (including phenoxy) is 2. The van der Waals surface area contributed by atoms with Crippen LogP contribution in [-0.2, 0) is 9.53 Å². The quantitative estimate of drug-likeness (QED) is 0.216. The molecule has 1 unspecified atom stereocenters. The van der Waals surface area contributed by atoms with Gasteiger partial charge in [-0.2, -0.15) is 8.78 Å². The molecule has 14 nitrogen and oxygen atoms in total. The number of piperazine rings is 1. The van der Waals surface area contributed by atoms with Crippen LogP contribution in [-0.4, -0.2) is 138 Å². The second kappa shape index (κ2) is 16.1. The van der Waals surface area contributed by atoms with E-state index in [1.807, 2.05) is 33.3 Å². The number of carbonyl (C=O) groups is 3. The number of alkyl halides is 2. The van der Waals surface area contributed by atoms with E-state index >= 15 is 0 Å². The number of quaternary nitrogens is 1. The lowest BCUT2D eigenvalue weighted by Gasteiger charge is -2.41. The number of amides is 3. The fourth-order valence-electron chi connectivity index (χ4n) is 6.23. The van der Waals surface area contributed by atoms with E-state index in [2.05, 4.69) is 41.2 Å². The Bertz CT molecular complexity index is 1820. The number of carboxylic acid groups (broad SMARTS) is 1. The average molecular weight is 709 g/mol. The number of aryl methyl sites for hydroxylation is 1. The Labute approximate surface area is 294 Å². The van der Waals surface area contributed by atoms with Crippen molar-refractivity contribution < 1.29 is 42.2 Å². The van der Waals surface area contributed by atoms with Crippen molar-refractivity contribution in [1.82, 2.24) is 29.1 Å². The van der Waals surface area contributed by atoms with Crippen LogP contribution in [0.15, 0.2) is 61.1 Å². The van der Waals surface area contributed by atoms with E-state index < -0.39 is 13.1 Å². The van der Waals surface area contributed by atoms with Crippen LogP contribution in [0.5, 0.6) is 5.75 Å². The van der Waals surface area contributed by atoms with Gasteiger partial charge in [0.1, 0.15) is 18.4 Å². The number of likely N-dealkylation sites (N-methyl/N-ethyl adjacent to an activating group) is 1. The highest BCUT2D eigenvalue weighted by Crippen LogP contribution is 2.28. The van der Waals surface area contributed by atoms with Crippen molar-refractivity contribution in [1.29, 1.82) is 0 Å². The third-order valence-electron chi connectivity index (χ3n) is 8.52. The van der Waals surface area contributed by atoms with Crippen molar-refractivity contribution in [3.63, 3.8) is 0 Å². The van der Waals surface area contributed by atoms with Gasteiger partial charge in [-0.1, -0.05) is 0 Å². The molecule has 16 heteroatoms. The maximum Gasteiger partial charge on any atom is 0.387 e. The summed E-state index contributed by atoms with van der Waals surface area (Å²) in [6, 6.07) is 11.9. The number of nitrogens with zero attached hydrogens (tertiary/aromatic N) is 7. The first-order chi connectivity index (χ1) is 24.4. The van der Waals surface area contributed by atoms with Gasteiger partial charge < -0.3 is 43.9 Å². The second-order valence-electron chi connectivity index (χ2n) is 13.2. The first-order valence-electron chi connectivity index (χ1n) is 16.4. The van der Waals surface area contributed by atoms with Crippen molar-refractivity contribution in [2.45, 2.75) is 19.6 Å². The lowest BCUT2D eigenvalue weighted by Crippen LogP contribution is -2.58. The van der Waals surface area contributed by atoms with Gasteiger partial charge in [0.25, 0.3) is 5.91 Å². The number of carbonyl (C=O) groups excluding carboxylic acids is 3. The minimum Gasteiger partial charge on any atom is -0.554 e. The third kappa shape index (κ3) is 9.26. The molecular weight excluding hydrogens is 666 g/mol. The average Bonchev–Trinajstić information content (AvgIpc) is 3.53. The standard InChI is InChI=1S/C34H40F2N8O4.CH2O2/c1-23-19-25(39-30-31-38-20-29(43(31)12-11-37-30)24-5-8-26(9-6-24)48-33(35)36)7-10-28(23)32(45)40-13-15-41(16-14-40)34(46)42-17-18-47-27(21-42)22-44(2,3)4;2-1-3/h5-12,19-20,27,33H,13-18,21-22H2,1-4H3;1H,(H,2,3). The normalized spacial score (nSPS) is 16.5. The first kappa shape index (κ1) is 36.9. The predicted molar refractivity (Wildman–Crippen MR) is 183 cm³/mol. The number of morpholine rings is 1. The van der Waals surface area contributed by atoms with Gasteiger partial charge >= 0.3 is 12.6 Å². The SMILES string of the molecule is Cc1cc(Nc2nccn3c(-c4ccc(OC(F)F)cc4)cnc23)ccc1C(=O)N1CCN(C(=O)N2CCOC(C[N+](C)(C)C)C2)CC1.O=C[O-]. The van der Waals surface area contributed by atoms with Crippen LogP contribution < -0.4 is 15.2 Å². The van der Waals surface area contributed by atoms with E-state index in [0.29, 0.717) is 62.9 Å². The Morgan fingerprint density at radius 3 is 2.37 bits per heavy atom. The van der Waals surface area contributed by atoms with Gasteiger partial charge in [-0.15, -0.1) is 0 Å². The summed E-state index contributed by atoms with van der Waals surface area (Å²) in [7, 11) is 6.35. The van der Waals surface area contributed by atoms with Crippen LogP contribution in [0.25, 0.3) is 16.9 Å². The summed E-state index contributed by atoms with van der Waals surface area (Å²) in [5, 5.41) is 11.6. The van der Waals surface area contributed by atoms with Crippen LogP contribution in [0, 0.1) is 6.92 Å². The third-order valence-corrected chi connectivity index (χ3v) is 8.52. The maximum atomic E-state index is 13.5. The zero-order valence-electron chi connectivity index (χ0n) is 29.0. The van der Waals surface area contributed by atoms with Gasteiger partial charge in [-0.3, -0.25) is 9.20 Å². The van der Waals surface area contributed by atoms with Crippen LogP contribution in [0.1, 0.15) is 15.9 Å². The first-order valence-corrected chi connectivity index (χ1v) is 16.4. The van der Waals surface area contributed by atoms with Gasteiger partial charge in [0.05, 0.1) is 46.2 Å². The van der Waals surface area contributed by atoms with E-state index in [0.717, 1.165) is 33.5 Å². The highest BCUT2D eigenvalue weighted by molar-refractivity contribution is 5.96. The fraction of sp³-hybridized carbons (Fsp3) is 0.400. The monoisotopic (exact) mass is 708 g/mol. The topological polar surface area (TPSA) is 145 Å². The molecule has 51 heavy (non-hydrogen) atoms. The van der Waals surface area contributed by atoms with Crippen LogP contribution in [0.3, 0.4) is 0 Å². The summed E-state index contributed by atoms with van der Waals surface area (Å²) >= 11 is 0. The number of rotatable bonds is 8. The van der Waals surface area contributed by atoms with Crippen molar-refractivity contribution in [2.75, 3.05) is 78.9 Å². The van der Waals surface area contributed by atoms with E-state index in [1.165, 1.54) is 12.1 Å². The number of nitrogens with one attached hydrogen (secondary N) is 1. The molecule has 1 atom stereocenters. The van der Waals surface area contributed by atoms with Gasteiger partial charge in [0, 0.05) is 68.4 Å². The molecule has 2 aliphatic rings. The van der Waals surface area contributed by atoms with Crippen molar-refractivity contribution in [3.05, 3.63) is 72.2 Å². The number of fused-ring (bicyclic) bond motifs is 1. The summed E-state index contributed by atoms with van der Waals surface area (Å²) in [5.41, 5.74) is 4.26. The molecule has 4 aromatic rings. The maximum absolute atomic E-state index is 13.5. The molecule has 3 amide bonds. The van der Waals surface area contributed by atoms with Crippen molar-refractivity contribution in [3.8, 4) is 17.0 Å². The van der Waals surface area contributed by atoms with Gasteiger partial charge in [-0.25, -0.2) is 14.8 Å². The van der Waals surface area contributed by atoms with E-state index in [1.54, 1.807) is 41.7 Å². The smallest absolute Gasteiger partial charge is 0.387 e. The second-order valence-corrected chi connectivity index (χ2v) is 13.2. The van der Waals surface area contributed by atoms with Crippen molar-refractivity contribution in [2.24, 2.45) is 0 Å². The molecule has 2 aromatic carbocycles. The summed E-state index contributed by atoms with van der Waals surface area (Å²) in [6.45, 7) is 2.92. The Morgan fingerprint density at radius 2 is 1.73 bits per heavy atom. The van der Waals surface area contributed by atoms with Crippen LogP contribution in [0.2, 0.25) is 0 Å². The Kier molecular flexibility index (Phi) is 11.7. The predicted octanol–water partition coefficient (Wildman–Crippen LogP) is 2.70. The molecule has 4 heterocycles. The van der Waals surface area contributed by atoms with Crippen molar-refractivity contribution >= 4 is 35.6 Å². The zero-order chi connectivity index (χ0) is 36.7. The lowest BCUT2D eigenvalue weighted by atomic mass is 10.1. The van der Waals surface area contributed by atoms with E-state index in [4.69, 9.17) is 14.6 Å². The number of hydrogen-bond acceptors (Lipinski definition) is 9. The molecular formula is C35H42F2N8O6. The Hall–Kier alpha value is -5.35. The van der Waals surface area contributed by atoms with E-state index in [-0.39, 0.29) is 23.8 Å². The molecule has 272 valence electrons. The molecule has 2 aromatic heterocycles. The molecule has 0 aliphatic carbocycles. The number of aromatic nitrogens is 3. The molecule has 0 spiro atoms. The number of benzene rings is 2. The molecule has 2 aliphatic heterocycles. The van der Waals surface area contributed by atoms with Gasteiger partial charge in [0.15, 0.2) is 11.5 Å². The van der Waals surface area contributed by atoms with Crippen LogP contribution >= 0.6 is 0 Å². The van der Waals surface area contributed by atoms with Gasteiger partial charge in [-0.05, 0) is 55.0 Å². The zero-order valence-corrected chi connectivity index (χ0v) is 29.0. The highest BCUT2D eigenvalue weighted by atomic mass is 19.3. The highest BCUT2D eigenvalue weighted by Gasteiger charge is 2.33. The number of halogens is 2. The molecule has 0 saturated carbocycles. The number of imidazole rings is 1. The summed E-state index contributed by atoms with van der Waals surface area (Å²) in [4.78, 5) is 49.6. The molecule has 0 bridgehead atoms. The van der Waals surface area contributed by atoms with E-state index in [9.17, 15) is 18.4 Å². The summed E-state index contributed by atoms with van der Waals surface area (Å²) in [5.74, 6) is 0.530. The lowest BCUT2D eigenvalue weighted by molar-refractivity contribution is -0.873. The Balaban J connectivity index is 0.00000162. The number of anilines is 2. The number of urea groups is 1. The summed E-state index contributed by atoms with van der Waals surface area (Å²) < 4.78 is 38.1. The molecule has 6 rings (SSSR count). The van der Waals surface area contributed by atoms with Crippen LogP contribution in [0.4, 0.5) is 25.1 Å². The van der Waals surface area contributed by atoms with Gasteiger partial charge in [0.2, 0.25) is 0 Å². The minimum atomic E-state index is -2.89. The Morgan fingerprint density at radius 1 is 1.04 bits per heavy atom. The largest absolute Gasteiger partial charge is 0.554 e. The minimum absolute atomic E-state index is 0.00834. The molecule has 2 fully saturated rings. The molecule has 2 saturated heterocycles. The summed E-state index contributed by atoms with van der Waals surface area (Å²) in [6.07, 6.45) is 5.12. The fourth-order valence-corrected chi connectivity index (χ4v) is 6.23. The number of hydrogen-bond donors (Lipinski definition) is 1. The molecule has 0 radical (unpaired) electrons.